The fourth-order valence-corrected chi connectivity index (χ4v) is 2.43. The van der Waals surface area contributed by atoms with Gasteiger partial charge in [-0.25, -0.2) is 9.48 Å². The Bertz CT molecular complexity index is 553. The van der Waals surface area contributed by atoms with Gasteiger partial charge in [0.05, 0.1) is 11.9 Å². The summed E-state index contributed by atoms with van der Waals surface area (Å²) < 4.78 is 2.88. The molecule has 2 rings (SSSR count). The first-order valence-electron chi connectivity index (χ1n) is 4.19. The number of aromatic carboxylic acids is 1. The lowest BCUT2D eigenvalue weighted by molar-refractivity contribution is 0.0687. The number of halogens is 2. The zero-order valence-corrected chi connectivity index (χ0v) is 10.9. The number of hydrogen-bond donors (Lipinski definition) is 1. The lowest BCUT2D eigenvalue weighted by Crippen LogP contribution is -2.08. The zero-order valence-electron chi connectivity index (χ0n) is 7.76. The van der Waals surface area contributed by atoms with E-state index in [4.69, 9.17) is 5.11 Å². The molecule has 2 aromatic rings. The van der Waals surface area contributed by atoms with Crippen molar-refractivity contribution in [3.8, 4) is 5.69 Å². The molecule has 0 unspecified atom stereocenters. The Kier molecular flexibility index (Phi) is 3.06. The van der Waals surface area contributed by atoms with E-state index in [-0.39, 0.29) is 5.69 Å². The number of rotatable bonds is 2. The van der Waals surface area contributed by atoms with E-state index in [1.807, 2.05) is 6.07 Å². The fraction of sp³-hybridized carbons (Fsp3) is 0. The second kappa shape index (κ2) is 4.34. The smallest absolute Gasteiger partial charge is 0.356 e. The molecule has 0 saturated heterocycles. The maximum Gasteiger partial charge on any atom is 0.356 e. The van der Waals surface area contributed by atoms with Crippen LogP contribution in [-0.4, -0.2) is 26.1 Å². The van der Waals surface area contributed by atoms with Gasteiger partial charge in [0.1, 0.15) is 0 Å². The SMILES string of the molecule is O=C(O)c1cnnn1-c1ccc(Br)cc1Br. The van der Waals surface area contributed by atoms with E-state index in [0.29, 0.717) is 5.69 Å². The summed E-state index contributed by atoms with van der Waals surface area (Å²) >= 11 is 6.66. The Balaban J connectivity index is 2.59. The number of hydrogen-bond acceptors (Lipinski definition) is 3. The van der Waals surface area contributed by atoms with Gasteiger partial charge >= 0.3 is 5.97 Å². The molecular formula is C9H5Br2N3O2. The molecular weight excluding hydrogens is 342 g/mol. The third-order valence-electron chi connectivity index (χ3n) is 1.91. The number of carboxylic acid groups (broad SMARTS) is 1. The lowest BCUT2D eigenvalue weighted by Gasteiger charge is -2.05. The van der Waals surface area contributed by atoms with Crippen molar-refractivity contribution in [3.05, 3.63) is 39.0 Å². The van der Waals surface area contributed by atoms with Gasteiger partial charge in [0.15, 0.2) is 5.69 Å². The van der Waals surface area contributed by atoms with Crippen molar-refractivity contribution in [1.82, 2.24) is 15.0 Å². The van der Waals surface area contributed by atoms with E-state index in [9.17, 15) is 4.79 Å². The first kappa shape index (κ1) is 11.3. The van der Waals surface area contributed by atoms with E-state index in [1.54, 1.807) is 12.1 Å². The van der Waals surface area contributed by atoms with Gasteiger partial charge in [0.25, 0.3) is 0 Å². The standard InChI is InChI=1S/C9H5Br2N3O2/c10-5-1-2-7(6(11)3-5)14-8(9(15)16)4-12-13-14/h1-4H,(H,15,16). The van der Waals surface area contributed by atoms with Crippen LogP contribution in [0.15, 0.2) is 33.3 Å². The minimum absolute atomic E-state index is 0.0167. The van der Waals surface area contributed by atoms with Crippen molar-refractivity contribution in [3.63, 3.8) is 0 Å². The average Bonchev–Trinajstić information content (AvgIpc) is 2.66. The summed E-state index contributed by atoms with van der Waals surface area (Å²) in [5.41, 5.74) is 0.640. The van der Waals surface area contributed by atoms with Crippen LogP contribution < -0.4 is 0 Å². The van der Waals surface area contributed by atoms with E-state index in [1.165, 1.54) is 10.9 Å². The first-order valence-corrected chi connectivity index (χ1v) is 5.77. The minimum atomic E-state index is -1.07. The number of aromatic nitrogens is 3. The van der Waals surface area contributed by atoms with Gasteiger partial charge in [0.2, 0.25) is 0 Å². The highest BCUT2D eigenvalue weighted by molar-refractivity contribution is 9.11. The Morgan fingerprint density at radius 2 is 2.12 bits per heavy atom. The third-order valence-corrected chi connectivity index (χ3v) is 3.03. The van der Waals surface area contributed by atoms with Gasteiger partial charge in [-0.3, -0.25) is 0 Å². The van der Waals surface area contributed by atoms with Crippen LogP contribution in [0.25, 0.3) is 5.69 Å². The highest BCUT2D eigenvalue weighted by atomic mass is 79.9. The molecule has 1 aromatic carbocycles. The summed E-state index contributed by atoms with van der Waals surface area (Å²) in [6, 6.07) is 5.35. The second-order valence-corrected chi connectivity index (χ2v) is 4.70. The van der Waals surface area contributed by atoms with Crippen LogP contribution >= 0.6 is 31.9 Å². The van der Waals surface area contributed by atoms with Crippen LogP contribution in [0.1, 0.15) is 10.5 Å². The highest BCUT2D eigenvalue weighted by Gasteiger charge is 2.14. The fourth-order valence-electron chi connectivity index (χ4n) is 1.21. The van der Waals surface area contributed by atoms with E-state index >= 15 is 0 Å². The largest absolute Gasteiger partial charge is 0.476 e. The van der Waals surface area contributed by atoms with Crippen LogP contribution in [0, 0.1) is 0 Å². The number of benzene rings is 1. The summed E-state index contributed by atoms with van der Waals surface area (Å²) in [5.74, 6) is -1.07. The first-order chi connectivity index (χ1) is 7.59. The van der Waals surface area contributed by atoms with Crippen molar-refractivity contribution in [1.29, 1.82) is 0 Å². The van der Waals surface area contributed by atoms with Gasteiger partial charge in [0, 0.05) is 8.95 Å². The third kappa shape index (κ3) is 2.00. The molecule has 0 bridgehead atoms. The van der Waals surface area contributed by atoms with E-state index in [0.717, 1.165) is 8.95 Å². The van der Waals surface area contributed by atoms with Gasteiger partial charge in [-0.05, 0) is 34.1 Å². The molecule has 0 atom stereocenters. The average molecular weight is 347 g/mol. The summed E-state index contributed by atoms with van der Waals surface area (Å²) in [5, 5.41) is 16.3. The molecule has 1 aromatic heterocycles. The molecule has 0 fully saturated rings. The quantitative estimate of drug-likeness (QED) is 0.907. The molecule has 16 heavy (non-hydrogen) atoms. The van der Waals surface area contributed by atoms with Crippen LogP contribution in [-0.2, 0) is 0 Å². The van der Waals surface area contributed by atoms with Crippen molar-refractivity contribution in [2.45, 2.75) is 0 Å². The number of carbonyl (C=O) groups is 1. The van der Waals surface area contributed by atoms with Gasteiger partial charge in [-0.1, -0.05) is 21.1 Å². The number of nitrogens with zero attached hydrogens (tertiary/aromatic N) is 3. The molecule has 0 amide bonds. The normalized spacial score (nSPS) is 10.4. The summed E-state index contributed by atoms with van der Waals surface area (Å²) in [6.07, 6.45) is 1.21. The lowest BCUT2D eigenvalue weighted by atomic mass is 10.3. The molecule has 0 spiro atoms. The highest BCUT2D eigenvalue weighted by Crippen LogP contribution is 2.25. The molecule has 1 heterocycles. The van der Waals surface area contributed by atoms with Crippen LogP contribution in [0.3, 0.4) is 0 Å². The number of carboxylic acids is 1. The summed E-state index contributed by atoms with van der Waals surface area (Å²) in [4.78, 5) is 10.9. The topological polar surface area (TPSA) is 68.0 Å². The van der Waals surface area contributed by atoms with Gasteiger partial charge < -0.3 is 5.11 Å². The van der Waals surface area contributed by atoms with Gasteiger partial charge in [-0.2, -0.15) is 0 Å². The second-order valence-electron chi connectivity index (χ2n) is 2.93. The maximum absolute atomic E-state index is 10.9. The molecule has 1 N–H and O–H groups in total. The van der Waals surface area contributed by atoms with Crippen molar-refractivity contribution >= 4 is 37.8 Å². The van der Waals surface area contributed by atoms with Crippen molar-refractivity contribution < 1.29 is 9.90 Å². The Morgan fingerprint density at radius 3 is 2.75 bits per heavy atom. The van der Waals surface area contributed by atoms with Crippen LogP contribution in [0.5, 0.6) is 0 Å². The molecule has 0 radical (unpaired) electrons. The predicted molar refractivity (Wildman–Crippen MR) is 63.7 cm³/mol. The molecule has 0 aliphatic rings. The molecule has 82 valence electrons. The molecule has 5 nitrogen and oxygen atoms in total. The Morgan fingerprint density at radius 1 is 1.38 bits per heavy atom. The minimum Gasteiger partial charge on any atom is -0.476 e. The Hall–Kier alpha value is -1.21. The van der Waals surface area contributed by atoms with Crippen molar-refractivity contribution in [2.24, 2.45) is 0 Å². The van der Waals surface area contributed by atoms with E-state index in [2.05, 4.69) is 42.2 Å². The zero-order chi connectivity index (χ0) is 11.7. The Labute approximate surface area is 107 Å². The summed E-state index contributed by atoms with van der Waals surface area (Å²) in [6.45, 7) is 0. The molecule has 7 heteroatoms. The summed E-state index contributed by atoms with van der Waals surface area (Å²) in [7, 11) is 0. The molecule has 0 saturated carbocycles. The molecule has 0 aliphatic carbocycles. The monoisotopic (exact) mass is 345 g/mol. The van der Waals surface area contributed by atoms with Crippen molar-refractivity contribution in [2.75, 3.05) is 0 Å². The maximum atomic E-state index is 10.9. The van der Waals surface area contributed by atoms with Crippen LogP contribution in [0.4, 0.5) is 0 Å². The predicted octanol–water partition coefficient (Wildman–Crippen LogP) is 2.49. The van der Waals surface area contributed by atoms with Gasteiger partial charge in [-0.15, -0.1) is 5.10 Å². The molecule has 0 aliphatic heterocycles. The van der Waals surface area contributed by atoms with E-state index < -0.39 is 5.97 Å². The van der Waals surface area contributed by atoms with Crippen LogP contribution in [0.2, 0.25) is 0 Å².